The monoisotopic (exact) mass is 330 g/mol. The Bertz CT molecular complexity index is 591. The fourth-order valence-electron chi connectivity index (χ4n) is 3.02. The molecule has 2 rings (SSSR count). The molecule has 0 saturated carbocycles. The number of hydrogen-bond acceptors (Lipinski definition) is 5. The summed E-state index contributed by atoms with van der Waals surface area (Å²) >= 11 is 0. The summed E-state index contributed by atoms with van der Waals surface area (Å²) in [6.45, 7) is 6.72. The molecule has 1 atom stereocenters. The summed E-state index contributed by atoms with van der Waals surface area (Å²) in [5, 5.41) is 18.2. The van der Waals surface area contributed by atoms with E-state index in [2.05, 4.69) is 15.9 Å². The maximum Gasteiger partial charge on any atom is 0.239 e. The number of benzene rings is 1. The second-order valence-corrected chi connectivity index (χ2v) is 6.33. The molecule has 1 heterocycles. The molecule has 1 aromatic carbocycles. The Morgan fingerprint density at radius 1 is 1.38 bits per heavy atom. The van der Waals surface area contributed by atoms with Crippen LogP contribution in [0.5, 0.6) is 5.75 Å². The van der Waals surface area contributed by atoms with Crippen LogP contribution in [0.4, 0.5) is 0 Å². The highest BCUT2D eigenvalue weighted by Gasteiger charge is 2.27. The minimum absolute atomic E-state index is 0.0756. The number of carbonyl (C=O) groups excluding carboxylic acids is 1. The molecule has 1 fully saturated rings. The first-order valence-electron chi connectivity index (χ1n) is 8.37. The Morgan fingerprint density at radius 3 is 2.71 bits per heavy atom. The smallest absolute Gasteiger partial charge is 0.239 e. The number of phenolic OH excluding ortho intramolecular Hbond substituents is 1. The first-order valence-corrected chi connectivity index (χ1v) is 8.37. The van der Waals surface area contributed by atoms with Crippen LogP contribution in [0.15, 0.2) is 24.3 Å². The Balaban J connectivity index is 1.81. The second kappa shape index (κ2) is 8.67. The molecule has 1 saturated heterocycles. The molecule has 0 spiro atoms. The van der Waals surface area contributed by atoms with Gasteiger partial charge in [0.1, 0.15) is 5.75 Å². The average Bonchev–Trinajstić information content (AvgIpc) is 2.59. The zero-order chi connectivity index (χ0) is 17.5. The number of rotatable bonds is 6. The Morgan fingerprint density at radius 2 is 2.08 bits per heavy atom. The number of likely N-dealkylation sites (N-methyl/N-ethyl adjacent to an activating group) is 1. The molecule has 0 unspecified atom stereocenters. The lowest BCUT2D eigenvalue weighted by atomic mass is 10.1. The van der Waals surface area contributed by atoms with Crippen LogP contribution >= 0.6 is 0 Å². The van der Waals surface area contributed by atoms with Crippen molar-refractivity contribution in [1.29, 1.82) is 5.26 Å². The highest BCUT2D eigenvalue weighted by Crippen LogP contribution is 2.15. The second-order valence-electron chi connectivity index (χ2n) is 6.33. The van der Waals surface area contributed by atoms with E-state index in [0.29, 0.717) is 18.7 Å². The van der Waals surface area contributed by atoms with Crippen LogP contribution in [0.2, 0.25) is 0 Å². The lowest BCUT2D eigenvalue weighted by Crippen LogP contribution is -2.53. The summed E-state index contributed by atoms with van der Waals surface area (Å²) in [6.07, 6.45) is 0.368. The number of hydrogen-bond donors (Lipinski definition) is 1. The first kappa shape index (κ1) is 18.2. The van der Waals surface area contributed by atoms with Crippen molar-refractivity contribution in [3.05, 3.63) is 29.8 Å². The van der Waals surface area contributed by atoms with Crippen molar-refractivity contribution in [2.45, 2.75) is 25.9 Å². The molecule has 130 valence electrons. The maximum atomic E-state index is 12.4. The van der Waals surface area contributed by atoms with Gasteiger partial charge >= 0.3 is 0 Å². The van der Waals surface area contributed by atoms with E-state index in [1.807, 2.05) is 19.1 Å². The number of phenols is 1. The molecule has 6 heteroatoms. The number of carbonyl (C=O) groups is 1. The third-order valence-electron chi connectivity index (χ3n) is 4.56. The number of amides is 1. The topological polar surface area (TPSA) is 70.8 Å². The van der Waals surface area contributed by atoms with Gasteiger partial charge in [-0.3, -0.25) is 14.6 Å². The van der Waals surface area contributed by atoms with Crippen molar-refractivity contribution in [3.63, 3.8) is 0 Å². The van der Waals surface area contributed by atoms with Crippen molar-refractivity contribution in [1.82, 2.24) is 14.7 Å². The Hall–Kier alpha value is -2.10. The predicted molar refractivity (Wildman–Crippen MR) is 92.3 cm³/mol. The summed E-state index contributed by atoms with van der Waals surface area (Å²) in [4.78, 5) is 18.6. The molecule has 1 amide bonds. The zero-order valence-corrected chi connectivity index (χ0v) is 14.5. The fourth-order valence-corrected chi connectivity index (χ4v) is 3.02. The molecule has 1 aliphatic heterocycles. The SMILES string of the molecule is C[C@H](C(=O)N(C)CCC#N)N1CCN(Cc2cccc(O)c2)CC1. The standard InChI is InChI=1S/C18H26N4O2/c1-15(18(24)20(2)8-4-7-19)22-11-9-21(10-12-22)14-16-5-3-6-17(23)13-16/h3,5-6,13,15,23H,4,8-12,14H2,1-2H3/t15-/m1/s1. The number of piperazine rings is 1. The van der Waals surface area contributed by atoms with Gasteiger partial charge in [-0.1, -0.05) is 12.1 Å². The Labute approximate surface area is 143 Å². The summed E-state index contributed by atoms with van der Waals surface area (Å²) in [7, 11) is 1.76. The molecule has 0 radical (unpaired) electrons. The van der Waals surface area contributed by atoms with Crippen molar-refractivity contribution in [2.24, 2.45) is 0 Å². The van der Waals surface area contributed by atoms with E-state index >= 15 is 0 Å². The minimum atomic E-state index is -0.156. The van der Waals surface area contributed by atoms with Gasteiger partial charge in [0.25, 0.3) is 0 Å². The quantitative estimate of drug-likeness (QED) is 0.850. The van der Waals surface area contributed by atoms with E-state index in [9.17, 15) is 9.90 Å². The number of nitriles is 1. The first-order chi connectivity index (χ1) is 11.5. The van der Waals surface area contributed by atoms with Crippen molar-refractivity contribution in [3.8, 4) is 11.8 Å². The minimum Gasteiger partial charge on any atom is -0.508 e. The van der Waals surface area contributed by atoms with E-state index < -0.39 is 0 Å². The third-order valence-corrected chi connectivity index (χ3v) is 4.56. The molecule has 1 aliphatic rings. The summed E-state index contributed by atoms with van der Waals surface area (Å²) < 4.78 is 0. The molecule has 1 aromatic rings. The largest absolute Gasteiger partial charge is 0.508 e. The molecule has 6 nitrogen and oxygen atoms in total. The average molecular weight is 330 g/mol. The fraction of sp³-hybridized carbons (Fsp3) is 0.556. The molecule has 1 N–H and O–H groups in total. The number of nitrogens with zero attached hydrogens (tertiary/aromatic N) is 4. The molecular formula is C18H26N4O2. The normalized spacial score (nSPS) is 17.2. The highest BCUT2D eigenvalue weighted by atomic mass is 16.3. The molecule has 24 heavy (non-hydrogen) atoms. The van der Waals surface area contributed by atoms with Gasteiger partial charge in [0, 0.05) is 46.3 Å². The van der Waals surface area contributed by atoms with Crippen molar-refractivity contribution >= 4 is 5.91 Å². The van der Waals surface area contributed by atoms with Gasteiger partial charge in [0.05, 0.1) is 18.5 Å². The van der Waals surface area contributed by atoms with E-state index in [4.69, 9.17) is 5.26 Å². The third kappa shape index (κ3) is 4.95. The van der Waals surface area contributed by atoms with Gasteiger partial charge in [-0.2, -0.15) is 5.26 Å². The van der Waals surface area contributed by atoms with E-state index in [1.54, 1.807) is 24.1 Å². The maximum absolute atomic E-state index is 12.4. The summed E-state index contributed by atoms with van der Waals surface area (Å²) in [6, 6.07) is 9.27. The van der Waals surface area contributed by atoms with Gasteiger partial charge in [0.2, 0.25) is 5.91 Å². The van der Waals surface area contributed by atoms with Crippen molar-refractivity contribution < 1.29 is 9.90 Å². The summed E-state index contributed by atoms with van der Waals surface area (Å²) in [5.74, 6) is 0.373. The van der Waals surface area contributed by atoms with Crippen LogP contribution in [0.25, 0.3) is 0 Å². The van der Waals surface area contributed by atoms with E-state index in [1.165, 1.54) is 0 Å². The van der Waals surface area contributed by atoms with Crippen LogP contribution in [-0.4, -0.2) is 71.5 Å². The van der Waals surface area contributed by atoms with Crippen LogP contribution in [-0.2, 0) is 11.3 Å². The summed E-state index contributed by atoms with van der Waals surface area (Å²) in [5.41, 5.74) is 1.10. The van der Waals surface area contributed by atoms with Crippen LogP contribution in [0.1, 0.15) is 18.9 Å². The zero-order valence-electron chi connectivity index (χ0n) is 14.5. The lowest BCUT2D eigenvalue weighted by Gasteiger charge is -2.38. The number of aromatic hydroxyl groups is 1. The van der Waals surface area contributed by atoms with Crippen molar-refractivity contribution in [2.75, 3.05) is 39.8 Å². The lowest BCUT2D eigenvalue weighted by molar-refractivity contribution is -0.135. The van der Waals surface area contributed by atoms with E-state index in [0.717, 1.165) is 38.3 Å². The molecule has 0 bridgehead atoms. The van der Waals surface area contributed by atoms with Gasteiger partial charge < -0.3 is 10.0 Å². The van der Waals surface area contributed by atoms with Gasteiger partial charge in [0.15, 0.2) is 0 Å². The molecular weight excluding hydrogens is 304 g/mol. The Kier molecular flexibility index (Phi) is 6.59. The van der Waals surface area contributed by atoms with Gasteiger partial charge in [-0.25, -0.2) is 0 Å². The predicted octanol–water partition coefficient (Wildman–Crippen LogP) is 1.27. The highest BCUT2D eigenvalue weighted by molar-refractivity contribution is 5.81. The van der Waals surface area contributed by atoms with E-state index in [-0.39, 0.29) is 11.9 Å². The van der Waals surface area contributed by atoms with Gasteiger partial charge in [-0.15, -0.1) is 0 Å². The molecule has 0 aliphatic carbocycles. The van der Waals surface area contributed by atoms with Crippen LogP contribution in [0.3, 0.4) is 0 Å². The van der Waals surface area contributed by atoms with Crippen LogP contribution in [0, 0.1) is 11.3 Å². The van der Waals surface area contributed by atoms with Crippen LogP contribution < -0.4 is 0 Å². The van der Waals surface area contributed by atoms with Gasteiger partial charge in [-0.05, 0) is 24.6 Å². The molecule has 0 aromatic heterocycles.